The van der Waals surface area contributed by atoms with Gasteiger partial charge in [0.05, 0.1) is 15.6 Å². The van der Waals surface area contributed by atoms with Gasteiger partial charge in [-0.1, -0.05) is 29.3 Å². The largest absolute Gasteiger partial charge is 0.355 e. The van der Waals surface area contributed by atoms with Crippen molar-refractivity contribution in [2.24, 2.45) is 0 Å². The zero-order valence-electron chi connectivity index (χ0n) is 14.9. The number of likely N-dealkylation sites (N-methyl/N-ethyl adjacent to an activating group) is 1. The van der Waals surface area contributed by atoms with Crippen molar-refractivity contribution in [1.29, 1.82) is 0 Å². The lowest BCUT2D eigenvalue weighted by Crippen LogP contribution is -2.17. The van der Waals surface area contributed by atoms with E-state index in [4.69, 9.17) is 23.2 Å². The lowest BCUT2D eigenvalue weighted by Gasteiger charge is -2.16. The predicted octanol–water partition coefficient (Wildman–Crippen LogP) is 5.79. The normalized spacial score (nSPS) is 13.8. The van der Waals surface area contributed by atoms with Crippen LogP contribution in [0.5, 0.6) is 0 Å². The smallest absolute Gasteiger partial charge is 0.0612 e. The van der Waals surface area contributed by atoms with Crippen LogP contribution < -0.4 is 10.6 Å². The highest BCUT2D eigenvalue weighted by atomic mass is 35.5. The summed E-state index contributed by atoms with van der Waals surface area (Å²) < 4.78 is 2.50. The van der Waals surface area contributed by atoms with Gasteiger partial charge in [-0.05, 0) is 68.6 Å². The third-order valence-corrected chi connectivity index (χ3v) is 5.91. The summed E-state index contributed by atoms with van der Waals surface area (Å²) >= 11 is 12.2. The summed E-state index contributed by atoms with van der Waals surface area (Å²) in [4.78, 5) is 0. The summed E-state index contributed by atoms with van der Waals surface area (Å²) in [5.74, 6) is 0. The van der Waals surface area contributed by atoms with Crippen LogP contribution in [-0.4, -0.2) is 18.2 Å². The molecule has 2 aromatic carbocycles. The van der Waals surface area contributed by atoms with Crippen LogP contribution in [0.1, 0.15) is 24.1 Å². The van der Waals surface area contributed by atoms with Crippen molar-refractivity contribution >= 4 is 45.5 Å². The monoisotopic (exact) mass is 387 g/mol. The van der Waals surface area contributed by atoms with Gasteiger partial charge in [0.1, 0.15) is 0 Å². The molecule has 3 aromatic rings. The first-order valence-electron chi connectivity index (χ1n) is 9.18. The summed E-state index contributed by atoms with van der Waals surface area (Å²) in [5, 5.41) is 9.27. The molecular formula is C21H23Cl2N3. The van der Waals surface area contributed by atoms with Gasteiger partial charge in [0, 0.05) is 35.5 Å². The lowest BCUT2D eigenvalue weighted by atomic mass is 9.95. The van der Waals surface area contributed by atoms with Crippen LogP contribution in [0.4, 0.5) is 11.4 Å². The van der Waals surface area contributed by atoms with E-state index in [-0.39, 0.29) is 0 Å². The molecule has 136 valence electrons. The zero-order chi connectivity index (χ0) is 18.1. The molecular weight excluding hydrogens is 365 g/mol. The Balaban J connectivity index is 1.74. The molecule has 26 heavy (non-hydrogen) atoms. The molecule has 1 aliphatic carbocycles. The molecule has 5 heteroatoms. The van der Waals surface area contributed by atoms with Gasteiger partial charge < -0.3 is 15.2 Å². The molecule has 2 N–H and O–H groups in total. The van der Waals surface area contributed by atoms with Crippen LogP contribution in [0, 0.1) is 0 Å². The van der Waals surface area contributed by atoms with Crippen molar-refractivity contribution < 1.29 is 0 Å². The molecule has 0 atom stereocenters. The quantitative estimate of drug-likeness (QED) is 0.579. The van der Waals surface area contributed by atoms with Crippen molar-refractivity contribution in [3.05, 3.63) is 57.7 Å². The van der Waals surface area contributed by atoms with Crippen molar-refractivity contribution in [2.45, 2.75) is 32.2 Å². The fourth-order valence-electron chi connectivity index (χ4n) is 3.93. The van der Waals surface area contributed by atoms with Gasteiger partial charge >= 0.3 is 0 Å². The third-order valence-electron chi connectivity index (χ3n) is 5.17. The third kappa shape index (κ3) is 3.32. The Bertz CT molecular complexity index is 946. The minimum Gasteiger partial charge on any atom is -0.355 e. The van der Waals surface area contributed by atoms with Crippen LogP contribution in [0.3, 0.4) is 0 Å². The van der Waals surface area contributed by atoms with E-state index in [1.54, 1.807) is 5.56 Å². The molecule has 0 bridgehead atoms. The second kappa shape index (κ2) is 7.51. The van der Waals surface area contributed by atoms with Gasteiger partial charge in [0.15, 0.2) is 0 Å². The second-order valence-electron chi connectivity index (χ2n) is 6.87. The number of aryl methyl sites for hydroxylation is 1. The van der Waals surface area contributed by atoms with E-state index < -0.39 is 0 Å². The molecule has 1 aliphatic rings. The summed E-state index contributed by atoms with van der Waals surface area (Å²) in [6.07, 6.45) is 4.96. The van der Waals surface area contributed by atoms with E-state index in [1.807, 2.05) is 25.2 Å². The van der Waals surface area contributed by atoms with Crippen LogP contribution in [0.2, 0.25) is 10.0 Å². The number of nitrogens with zero attached hydrogens (tertiary/aromatic N) is 1. The molecule has 0 fully saturated rings. The van der Waals surface area contributed by atoms with Crippen molar-refractivity contribution in [2.75, 3.05) is 18.9 Å². The maximum Gasteiger partial charge on any atom is 0.0612 e. The van der Waals surface area contributed by atoms with Crippen LogP contribution in [0.25, 0.3) is 10.9 Å². The number of hydrogen-bond donors (Lipinski definition) is 2. The lowest BCUT2D eigenvalue weighted by molar-refractivity contribution is 0.595. The number of fused-ring (bicyclic) bond motifs is 3. The molecule has 0 radical (unpaired) electrons. The second-order valence-corrected chi connectivity index (χ2v) is 7.69. The van der Waals surface area contributed by atoms with E-state index in [1.165, 1.54) is 42.3 Å². The number of hydrogen-bond acceptors (Lipinski definition) is 2. The fourth-order valence-corrected chi connectivity index (χ4v) is 4.23. The van der Waals surface area contributed by atoms with Gasteiger partial charge in [-0.15, -0.1) is 0 Å². The summed E-state index contributed by atoms with van der Waals surface area (Å²) in [7, 11) is 2.01. The highest BCUT2D eigenvalue weighted by Crippen LogP contribution is 2.34. The first-order chi connectivity index (χ1) is 12.7. The Kier molecular flexibility index (Phi) is 5.12. The van der Waals surface area contributed by atoms with Gasteiger partial charge in [-0.3, -0.25) is 0 Å². The van der Waals surface area contributed by atoms with E-state index >= 15 is 0 Å². The van der Waals surface area contributed by atoms with Gasteiger partial charge in [0.2, 0.25) is 0 Å². The Morgan fingerprint density at radius 1 is 0.962 bits per heavy atom. The molecule has 0 aliphatic heterocycles. The molecule has 0 saturated heterocycles. The molecule has 4 rings (SSSR count). The topological polar surface area (TPSA) is 29.0 Å². The molecule has 1 heterocycles. The SMILES string of the molecule is CNCCn1c2c(c3ccc(Nc4ccc(Cl)c(Cl)c4)cc31)CCCC2. The molecule has 0 saturated carbocycles. The average molecular weight is 388 g/mol. The Labute approximate surface area is 164 Å². The van der Waals surface area contributed by atoms with Gasteiger partial charge in [-0.25, -0.2) is 0 Å². The Hall–Kier alpha value is -1.68. The number of rotatable bonds is 5. The number of halogens is 2. The Morgan fingerprint density at radius 3 is 2.54 bits per heavy atom. The van der Waals surface area contributed by atoms with Gasteiger partial charge in [-0.2, -0.15) is 0 Å². The van der Waals surface area contributed by atoms with E-state index in [2.05, 4.69) is 33.4 Å². The van der Waals surface area contributed by atoms with Crippen molar-refractivity contribution in [3.8, 4) is 0 Å². The van der Waals surface area contributed by atoms with E-state index in [0.29, 0.717) is 10.0 Å². The summed E-state index contributed by atoms with van der Waals surface area (Å²) in [6.45, 7) is 1.97. The predicted molar refractivity (Wildman–Crippen MR) is 112 cm³/mol. The first-order valence-corrected chi connectivity index (χ1v) is 9.93. The minimum atomic E-state index is 0.561. The summed E-state index contributed by atoms with van der Waals surface area (Å²) in [5.41, 5.74) is 6.39. The number of aromatic nitrogens is 1. The standard InChI is InChI=1S/C21H23Cl2N3/c1-24-10-11-26-20-5-3-2-4-16(20)17-8-6-15(13-21(17)26)25-14-7-9-18(22)19(23)12-14/h6-9,12-13,24-25H,2-5,10-11H2,1H3. The average Bonchev–Trinajstić information content (AvgIpc) is 2.96. The van der Waals surface area contributed by atoms with Crippen LogP contribution in [0.15, 0.2) is 36.4 Å². The van der Waals surface area contributed by atoms with Gasteiger partial charge in [0.25, 0.3) is 0 Å². The molecule has 1 aromatic heterocycles. The molecule has 0 unspecified atom stereocenters. The summed E-state index contributed by atoms with van der Waals surface area (Å²) in [6, 6.07) is 12.3. The van der Waals surface area contributed by atoms with E-state index in [0.717, 1.165) is 24.5 Å². The highest BCUT2D eigenvalue weighted by molar-refractivity contribution is 6.42. The van der Waals surface area contributed by atoms with Crippen molar-refractivity contribution in [3.63, 3.8) is 0 Å². The number of anilines is 2. The first kappa shape index (κ1) is 17.7. The number of benzene rings is 2. The zero-order valence-corrected chi connectivity index (χ0v) is 16.4. The van der Waals surface area contributed by atoms with E-state index in [9.17, 15) is 0 Å². The molecule has 0 amide bonds. The molecule has 3 nitrogen and oxygen atoms in total. The number of nitrogens with one attached hydrogen (secondary N) is 2. The highest BCUT2D eigenvalue weighted by Gasteiger charge is 2.19. The van der Waals surface area contributed by atoms with Crippen LogP contribution >= 0.6 is 23.2 Å². The minimum absolute atomic E-state index is 0.561. The maximum atomic E-state index is 6.14. The Morgan fingerprint density at radius 2 is 1.73 bits per heavy atom. The molecule has 0 spiro atoms. The van der Waals surface area contributed by atoms with Crippen LogP contribution in [-0.2, 0) is 19.4 Å². The fraction of sp³-hybridized carbons (Fsp3) is 0.333. The maximum absolute atomic E-state index is 6.14. The van der Waals surface area contributed by atoms with Crippen molar-refractivity contribution in [1.82, 2.24) is 9.88 Å².